The lowest BCUT2D eigenvalue weighted by atomic mass is 10.1. The van der Waals surface area contributed by atoms with Crippen molar-refractivity contribution in [3.05, 3.63) is 53.8 Å². The molecule has 0 aliphatic carbocycles. The molecule has 0 saturated heterocycles. The van der Waals surface area contributed by atoms with Crippen LogP contribution in [0.1, 0.15) is 11.1 Å². The molecule has 2 aromatic carbocycles. The second-order valence-corrected chi connectivity index (χ2v) is 6.48. The van der Waals surface area contributed by atoms with Gasteiger partial charge in [0.2, 0.25) is 0 Å². The topological polar surface area (TPSA) is 87.0 Å². The van der Waals surface area contributed by atoms with Gasteiger partial charge in [-0.05, 0) is 30.7 Å². The molecule has 7 nitrogen and oxygen atoms in total. The van der Waals surface area contributed by atoms with Crippen LogP contribution in [-0.4, -0.2) is 24.8 Å². The SMILES string of the molecule is Cc1ccc2c(CC(=O)OCC(=O)Nc3ccc4c(c3)OC(F)(F)O4)coc2c1. The largest absolute Gasteiger partial charge is 0.586 e. The van der Waals surface area contributed by atoms with Crippen molar-refractivity contribution < 1.29 is 37.0 Å². The molecule has 0 bridgehead atoms. The summed E-state index contributed by atoms with van der Waals surface area (Å²) in [5.41, 5.74) is 2.55. The summed E-state index contributed by atoms with van der Waals surface area (Å²) in [5, 5.41) is 3.23. The molecule has 0 saturated carbocycles. The van der Waals surface area contributed by atoms with Crippen molar-refractivity contribution in [1.82, 2.24) is 0 Å². The summed E-state index contributed by atoms with van der Waals surface area (Å²) < 4.78 is 45.0. The Balaban J connectivity index is 1.31. The maximum Gasteiger partial charge on any atom is 0.586 e. The number of nitrogens with one attached hydrogen (secondary N) is 1. The number of carbonyl (C=O) groups is 2. The lowest BCUT2D eigenvalue weighted by Crippen LogP contribution is -2.25. The number of alkyl halides is 2. The van der Waals surface area contributed by atoms with Gasteiger partial charge in [0.05, 0.1) is 12.7 Å². The number of halogens is 2. The number of carbonyl (C=O) groups excluding carboxylic acids is 2. The molecule has 1 aliphatic heterocycles. The fourth-order valence-corrected chi connectivity index (χ4v) is 2.90. The van der Waals surface area contributed by atoms with Crippen molar-refractivity contribution in [3.63, 3.8) is 0 Å². The molecular formula is C20H15F2NO6. The zero-order valence-electron chi connectivity index (χ0n) is 15.2. The average molecular weight is 403 g/mol. The Hall–Kier alpha value is -3.62. The number of rotatable bonds is 5. The maximum atomic E-state index is 13.0. The number of hydrogen-bond donors (Lipinski definition) is 1. The highest BCUT2D eigenvalue weighted by Gasteiger charge is 2.43. The van der Waals surface area contributed by atoms with E-state index in [9.17, 15) is 18.4 Å². The molecule has 1 N–H and O–H groups in total. The molecule has 1 amide bonds. The zero-order chi connectivity index (χ0) is 20.6. The summed E-state index contributed by atoms with van der Waals surface area (Å²) in [4.78, 5) is 24.0. The predicted molar refractivity (Wildman–Crippen MR) is 96.9 cm³/mol. The Kier molecular flexibility index (Phi) is 4.57. The fourth-order valence-electron chi connectivity index (χ4n) is 2.90. The van der Waals surface area contributed by atoms with Gasteiger partial charge in [-0.15, -0.1) is 8.78 Å². The van der Waals surface area contributed by atoms with Crippen molar-refractivity contribution in [2.75, 3.05) is 11.9 Å². The number of ether oxygens (including phenoxy) is 3. The molecule has 0 radical (unpaired) electrons. The van der Waals surface area contributed by atoms with E-state index in [0.29, 0.717) is 11.1 Å². The Morgan fingerprint density at radius 2 is 1.90 bits per heavy atom. The number of hydrogen-bond acceptors (Lipinski definition) is 6. The third kappa shape index (κ3) is 4.13. The van der Waals surface area contributed by atoms with E-state index < -0.39 is 24.8 Å². The van der Waals surface area contributed by atoms with E-state index in [1.807, 2.05) is 25.1 Å². The van der Waals surface area contributed by atoms with Crippen LogP contribution in [0.25, 0.3) is 11.0 Å². The average Bonchev–Trinajstić information content (AvgIpc) is 3.18. The quantitative estimate of drug-likeness (QED) is 0.653. The number of esters is 1. The van der Waals surface area contributed by atoms with Gasteiger partial charge in [-0.25, -0.2) is 0 Å². The first kappa shape index (κ1) is 18.7. The van der Waals surface area contributed by atoms with Crippen LogP contribution >= 0.6 is 0 Å². The van der Waals surface area contributed by atoms with E-state index in [2.05, 4.69) is 14.8 Å². The van der Waals surface area contributed by atoms with Crippen molar-refractivity contribution in [1.29, 1.82) is 0 Å². The number of aryl methyl sites for hydroxylation is 1. The highest BCUT2D eigenvalue weighted by atomic mass is 19.3. The lowest BCUT2D eigenvalue weighted by molar-refractivity contribution is -0.286. The molecule has 0 unspecified atom stereocenters. The molecule has 150 valence electrons. The third-order valence-corrected chi connectivity index (χ3v) is 4.20. The molecule has 0 atom stereocenters. The summed E-state index contributed by atoms with van der Waals surface area (Å²) in [6.45, 7) is 1.40. The minimum atomic E-state index is -3.74. The van der Waals surface area contributed by atoms with Gasteiger partial charge < -0.3 is 23.9 Å². The maximum absolute atomic E-state index is 13.0. The highest BCUT2D eigenvalue weighted by molar-refractivity contribution is 5.93. The Bertz CT molecular complexity index is 1110. The third-order valence-electron chi connectivity index (χ3n) is 4.20. The lowest BCUT2D eigenvalue weighted by Gasteiger charge is -2.07. The predicted octanol–water partition coefficient (Wildman–Crippen LogP) is 3.79. The summed E-state index contributed by atoms with van der Waals surface area (Å²) in [7, 11) is 0. The number of amides is 1. The van der Waals surface area contributed by atoms with Gasteiger partial charge in [0.1, 0.15) is 5.58 Å². The minimum Gasteiger partial charge on any atom is -0.464 e. The summed E-state index contributed by atoms with van der Waals surface area (Å²) in [6, 6.07) is 9.41. The van der Waals surface area contributed by atoms with E-state index in [0.717, 1.165) is 10.9 Å². The Labute approximate surface area is 163 Å². The van der Waals surface area contributed by atoms with Crippen LogP contribution in [-0.2, 0) is 20.7 Å². The summed E-state index contributed by atoms with van der Waals surface area (Å²) in [5.74, 6) is -1.57. The molecule has 4 rings (SSSR count). The molecule has 1 aliphatic rings. The van der Waals surface area contributed by atoms with Crippen molar-refractivity contribution in [2.45, 2.75) is 19.6 Å². The Morgan fingerprint density at radius 1 is 1.10 bits per heavy atom. The number of anilines is 1. The molecule has 3 aromatic rings. The van der Waals surface area contributed by atoms with Gasteiger partial charge in [0.25, 0.3) is 5.91 Å². The van der Waals surface area contributed by atoms with Gasteiger partial charge in [0.15, 0.2) is 18.1 Å². The highest BCUT2D eigenvalue weighted by Crippen LogP contribution is 2.42. The summed E-state index contributed by atoms with van der Waals surface area (Å²) in [6.07, 6.45) is -2.31. The van der Waals surface area contributed by atoms with E-state index in [-0.39, 0.29) is 23.6 Å². The molecule has 0 fully saturated rings. The van der Waals surface area contributed by atoms with E-state index in [1.54, 1.807) is 0 Å². The smallest absolute Gasteiger partial charge is 0.464 e. The van der Waals surface area contributed by atoms with Crippen molar-refractivity contribution in [3.8, 4) is 11.5 Å². The zero-order valence-corrected chi connectivity index (χ0v) is 15.2. The monoisotopic (exact) mass is 403 g/mol. The first-order valence-corrected chi connectivity index (χ1v) is 8.61. The van der Waals surface area contributed by atoms with Crippen LogP contribution < -0.4 is 14.8 Å². The standard InChI is InChI=1S/C20H15F2NO6/c1-11-2-4-14-12(9-26-16(14)6-11)7-19(25)27-10-18(24)23-13-3-5-15-17(8-13)29-20(21,22)28-15/h2-6,8-9H,7,10H2,1H3,(H,23,24). The normalized spacial score (nSPS) is 14.0. The molecule has 9 heteroatoms. The van der Waals surface area contributed by atoms with Gasteiger partial charge >= 0.3 is 12.3 Å². The first-order chi connectivity index (χ1) is 13.8. The van der Waals surface area contributed by atoms with Crippen LogP contribution in [0, 0.1) is 6.92 Å². The second kappa shape index (κ2) is 7.08. The minimum absolute atomic E-state index is 0.0531. The molecule has 29 heavy (non-hydrogen) atoms. The first-order valence-electron chi connectivity index (χ1n) is 8.61. The van der Waals surface area contributed by atoms with Crippen molar-refractivity contribution in [2.24, 2.45) is 0 Å². The van der Waals surface area contributed by atoms with Gasteiger partial charge in [0, 0.05) is 22.7 Å². The van der Waals surface area contributed by atoms with Crippen LogP contribution in [0.5, 0.6) is 11.5 Å². The molecular weight excluding hydrogens is 388 g/mol. The van der Waals surface area contributed by atoms with Crippen LogP contribution in [0.4, 0.5) is 14.5 Å². The van der Waals surface area contributed by atoms with Gasteiger partial charge in [-0.2, -0.15) is 0 Å². The Morgan fingerprint density at radius 3 is 2.72 bits per heavy atom. The number of fused-ring (bicyclic) bond motifs is 2. The molecule has 2 heterocycles. The van der Waals surface area contributed by atoms with Gasteiger partial charge in [-0.1, -0.05) is 12.1 Å². The summed E-state index contributed by atoms with van der Waals surface area (Å²) >= 11 is 0. The van der Waals surface area contributed by atoms with E-state index >= 15 is 0 Å². The number of furan rings is 1. The van der Waals surface area contributed by atoms with E-state index in [4.69, 9.17) is 9.15 Å². The number of benzene rings is 2. The van der Waals surface area contributed by atoms with Crippen LogP contribution in [0.15, 0.2) is 47.1 Å². The van der Waals surface area contributed by atoms with Crippen LogP contribution in [0.3, 0.4) is 0 Å². The van der Waals surface area contributed by atoms with Gasteiger partial charge in [-0.3, -0.25) is 9.59 Å². The second-order valence-electron chi connectivity index (χ2n) is 6.48. The fraction of sp³-hybridized carbons (Fsp3) is 0.200. The van der Waals surface area contributed by atoms with E-state index in [1.165, 1.54) is 24.5 Å². The molecule has 0 spiro atoms. The van der Waals surface area contributed by atoms with Crippen LogP contribution in [0.2, 0.25) is 0 Å². The molecule has 1 aromatic heterocycles. The van der Waals surface area contributed by atoms with Crippen molar-refractivity contribution >= 4 is 28.5 Å².